The van der Waals surface area contributed by atoms with Crippen molar-refractivity contribution in [2.24, 2.45) is 0 Å². The van der Waals surface area contributed by atoms with E-state index in [1.165, 1.54) is 37.9 Å². The van der Waals surface area contributed by atoms with Crippen molar-refractivity contribution in [3.05, 3.63) is 231 Å². The highest BCUT2D eigenvalue weighted by Crippen LogP contribution is 2.46. The van der Waals surface area contributed by atoms with Crippen molar-refractivity contribution in [1.29, 1.82) is 0 Å². The molecule has 12 rings (SSSR count). The molecule has 296 valence electrons. The zero-order valence-corrected chi connectivity index (χ0v) is 34.0. The van der Waals surface area contributed by atoms with E-state index in [1.807, 2.05) is 119 Å². The number of imidazole rings is 1. The number of halogens is 1. The second kappa shape index (κ2) is 14.9. The Labute approximate surface area is 363 Å². The van der Waals surface area contributed by atoms with E-state index in [4.69, 9.17) is 4.98 Å². The number of anilines is 3. The van der Waals surface area contributed by atoms with Crippen LogP contribution < -0.4 is 4.90 Å². The standard InChI is InChI=1S/C58H37FN4/c59-53-36-45(38-11-4-1-5-12-38)35-52(39-13-6-2-7-14-39)57(53)63(46-15-8-3-9-16-46)47-27-21-41(22-28-47)49-30-24-44-25-31-50-48(29-23-43-26-32-51(49)56(44)55(43)50)40-17-19-42(20-18-40)54-37-62-34-10-33-60-58(62)61-54/h1-37H. The molecule has 0 amide bonds. The van der Waals surface area contributed by atoms with Gasteiger partial charge in [-0.05, 0) is 114 Å². The van der Waals surface area contributed by atoms with Gasteiger partial charge < -0.3 is 4.90 Å². The topological polar surface area (TPSA) is 33.4 Å². The van der Waals surface area contributed by atoms with Crippen molar-refractivity contribution in [2.75, 3.05) is 4.90 Å². The average Bonchev–Trinajstić information content (AvgIpc) is 3.79. The summed E-state index contributed by atoms with van der Waals surface area (Å²) in [5.41, 5.74) is 12.3. The number of aromatic nitrogens is 3. The van der Waals surface area contributed by atoms with Gasteiger partial charge in [0.05, 0.1) is 11.4 Å². The molecule has 2 heterocycles. The predicted molar refractivity (Wildman–Crippen MR) is 259 cm³/mol. The Morgan fingerprint density at radius 1 is 0.429 bits per heavy atom. The van der Waals surface area contributed by atoms with Crippen molar-refractivity contribution in [1.82, 2.24) is 14.4 Å². The molecule has 5 heteroatoms. The number of benzene rings is 10. The van der Waals surface area contributed by atoms with Crippen LogP contribution in [-0.4, -0.2) is 14.4 Å². The van der Waals surface area contributed by atoms with Crippen LogP contribution in [0.1, 0.15) is 0 Å². The van der Waals surface area contributed by atoms with Crippen LogP contribution in [0.2, 0.25) is 0 Å². The van der Waals surface area contributed by atoms with Crippen molar-refractivity contribution < 1.29 is 4.39 Å². The summed E-state index contributed by atoms with van der Waals surface area (Å²) in [4.78, 5) is 11.2. The first-order chi connectivity index (χ1) is 31.1. The first kappa shape index (κ1) is 36.4. The summed E-state index contributed by atoms with van der Waals surface area (Å²) in [6.07, 6.45) is 5.75. The van der Waals surface area contributed by atoms with Gasteiger partial charge in [0.25, 0.3) is 0 Å². The minimum Gasteiger partial charge on any atom is -0.307 e. The van der Waals surface area contributed by atoms with E-state index < -0.39 is 0 Å². The minimum atomic E-state index is -0.297. The summed E-state index contributed by atoms with van der Waals surface area (Å²) in [5.74, 6) is 0.389. The second-order valence-corrected chi connectivity index (χ2v) is 16.0. The lowest BCUT2D eigenvalue weighted by atomic mass is 9.87. The van der Waals surface area contributed by atoms with E-state index in [-0.39, 0.29) is 5.82 Å². The third-order valence-electron chi connectivity index (χ3n) is 12.3. The van der Waals surface area contributed by atoms with E-state index in [9.17, 15) is 0 Å². The molecule has 4 nitrogen and oxygen atoms in total. The lowest BCUT2D eigenvalue weighted by molar-refractivity contribution is 0.630. The molecule has 10 aromatic carbocycles. The molecule has 63 heavy (non-hydrogen) atoms. The number of para-hydroxylation sites is 1. The van der Waals surface area contributed by atoms with Gasteiger partial charge in [0.15, 0.2) is 0 Å². The number of fused-ring (bicyclic) bond motifs is 1. The van der Waals surface area contributed by atoms with Crippen molar-refractivity contribution in [3.63, 3.8) is 0 Å². The molecule has 0 radical (unpaired) electrons. The van der Waals surface area contributed by atoms with Gasteiger partial charge >= 0.3 is 0 Å². The maximum absolute atomic E-state index is 17.0. The summed E-state index contributed by atoms with van der Waals surface area (Å²) in [5, 5.41) is 7.34. The number of rotatable bonds is 8. The highest BCUT2D eigenvalue weighted by atomic mass is 19.1. The lowest BCUT2D eigenvalue weighted by Gasteiger charge is -2.29. The fourth-order valence-electron chi connectivity index (χ4n) is 9.33. The van der Waals surface area contributed by atoms with Gasteiger partial charge in [-0.1, -0.05) is 164 Å². The van der Waals surface area contributed by atoms with E-state index in [2.05, 4.69) is 108 Å². The average molecular weight is 809 g/mol. The molecule has 0 bridgehead atoms. The molecule has 0 aliphatic heterocycles. The van der Waals surface area contributed by atoms with Crippen LogP contribution in [0.4, 0.5) is 21.5 Å². The molecule has 0 saturated heterocycles. The Hall–Kier alpha value is -8.41. The number of hydrogen-bond donors (Lipinski definition) is 0. The van der Waals surface area contributed by atoms with E-state index in [0.29, 0.717) is 11.5 Å². The maximum atomic E-state index is 17.0. The number of hydrogen-bond acceptors (Lipinski definition) is 3. The Bertz CT molecular complexity index is 3570. The zero-order valence-electron chi connectivity index (χ0n) is 34.0. The smallest absolute Gasteiger partial charge is 0.234 e. The Morgan fingerprint density at radius 3 is 1.57 bits per heavy atom. The van der Waals surface area contributed by atoms with Crippen molar-refractivity contribution >= 4 is 55.2 Å². The molecule has 0 aliphatic rings. The van der Waals surface area contributed by atoms with Crippen LogP contribution in [0.3, 0.4) is 0 Å². The lowest BCUT2D eigenvalue weighted by Crippen LogP contribution is -2.13. The van der Waals surface area contributed by atoms with Crippen LogP contribution in [-0.2, 0) is 0 Å². The van der Waals surface area contributed by atoms with Crippen LogP contribution in [0, 0.1) is 5.82 Å². The van der Waals surface area contributed by atoms with Gasteiger partial charge in [-0.3, -0.25) is 4.40 Å². The van der Waals surface area contributed by atoms with Gasteiger partial charge in [0.1, 0.15) is 5.82 Å². The van der Waals surface area contributed by atoms with E-state index >= 15 is 4.39 Å². The Kier molecular flexibility index (Phi) is 8.64. The van der Waals surface area contributed by atoms with E-state index in [0.717, 1.165) is 61.6 Å². The van der Waals surface area contributed by atoms with Crippen LogP contribution in [0.25, 0.3) is 93.9 Å². The van der Waals surface area contributed by atoms with Crippen molar-refractivity contribution in [2.45, 2.75) is 0 Å². The van der Waals surface area contributed by atoms with Gasteiger partial charge in [-0.25, -0.2) is 14.4 Å². The summed E-state index contributed by atoms with van der Waals surface area (Å²) < 4.78 is 19.0. The molecule has 2 aromatic heterocycles. The molecule has 0 spiro atoms. The molecular formula is C58H37FN4. The Morgan fingerprint density at radius 2 is 0.952 bits per heavy atom. The van der Waals surface area contributed by atoms with Gasteiger partial charge in [-0.15, -0.1) is 0 Å². The van der Waals surface area contributed by atoms with Crippen LogP contribution >= 0.6 is 0 Å². The quantitative estimate of drug-likeness (QED) is 0.143. The molecule has 0 fully saturated rings. The third-order valence-corrected chi connectivity index (χ3v) is 12.3. The van der Waals surface area contributed by atoms with Crippen LogP contribution in [0.15, 0.2) is 225 Å². The molecular weight excluding hydrogens is 772 g/mol. The largest absolute Gasteiger partial charge is 0.307 e. The highest BCUT2D eigenvalue weighted by molar-refractivity contribution is 6.27. The van der Waals surface area contributed by atoms with Gasteiger partial charge in [0.2, 0.25) is 5.78 Å². The summed E-state index contributed by atoms with van der Waals surface area (Å²) >= 11 is 0. The first-order valence-electron chi connectivity index (χ1n) is 21.2. The molecule has 0 atom stereocenters. The molecule has 0 saturated carbocycles. The van der Waals surface area contributed by atoms with Gasteiger partial charge in [-0.2, -0.15) is 0 Å². The third kappa shape index (κ3) is 6.29. The predicted octanol–water partition coefficient (Wildman–Crippen LogP) is 15.6. The molecule has 12 aromatic rings. The molecule has 0 aliphatic carbocycles. The fourth-order valence-corrected chi connectivity index (χ4v) is 9.33. The van der Waals surface area contributed by atoms with E-state index in [1.54, 1.807) is 12.3 Å². The summed E-state index contributed by atoms with van der Waals surface area (Å²) in [7, 11) is 0. The highest BCUT2D eigenvalue weighted by Gasteiger charge is 2.23. The van der Waals surface area contributed by atoms with Crippen LogP contribution in [0.5, 0.6) is 0 Å². The first-order valence-corrected chi connectivity index (χ1v) is 21.2. The van der Waals surface area contributed by atoms with Gasteiger partial charge in [0, 0.05) is 41.1 Å². The summed E-state index contributed by atoms with van der Waals surface area (Å²) in [6.45, 7) is 0. The number of nitrogens with zero attached hydrogens (tertiary/aromatic N) is 4. The minimum absolute atomic E-state index is 0.297. The second-order valence-electron chi connectivity index (χ2n) is 16.0. The zero-order chi connectivity index (χ0) is 41.9. The molecule has 0 N–H and O–H groups in total. The maximum Gasteiger partial charge on any atom is 0.234 e. The summed E-state index contributed by atoms with van der Waals surface area (Å²) in [6, 6.07) is 71.1. The normalized spacial score (nSPS) is 11.6. The SMILES string of the molecule is Fc1cc(-c2ccccc2)cc(-c2ccccc2)c1N(c1ccccc1)c1ccc(-c2ccc3ccc4c(-c5ccc(-c6cn7cccnc7n6)cc5)ccc5ccc2c3c54)cc1. The Balaban J connectivity index is 0.954. The van der Waals surface area contributed by atoms with Crippen molar-refractivity contribution in [3.8, 4) is 55.8 Å². The fraction of sp³-hybridized carbons (Fsp3) is 0. The molecule has 0 unspecified atom stereocenters. The monoisotopic (exact) mass is 808 g/mol.